The SMILES string of the molecule is O=C(N[C@@H](COCc1ccccc1)C(=O)O)C1CC=C(c2ccccc2F)O1. The highest BCUT2D eigenvalue weighted by atomic mass is 19.1. The van der Waals surface area contributed by atoms with E-state index in [9.17, 15) is 19.1 Å². The van der Waals surface area contributed by atoms with E-state index in [2.05, 4.69) is 5.32 Å². The molecule has 146 valence electrons. The predicted molar refractivity (Wildman–Crippen MR) is 99.5 cm³/mol. The largest absolute Gasteiger partial charge is 0.480 e. The molecule has 0 radical (unpaired) electrons. The number of hydrogen-bond acceptors (Lipinski definition) is 4. The molecule has 1 aliphatic heterocycles. The first kappa shape index (κ1) is 19.6. The molecule has 6 nitrogen and oxygen atoms in total. The summed E-state index contributed by atoms with van der Waals surface area (Å²) in [6, 6.07) is 14.2. The van der Waals surface area contributed by atoms with Crippen LogP contribution in [0.5, 0.6) is 0 Å². The highest BCUT2D eigenvalue weighted by Crippen LogP contribution is 2.28. The Labute approximate surface area is 161 Å². The zero-order valence-electron chi connectivity index (χ0n) is 15.0. The van der Waals surface area contributed by atoms with Crippen molar-refractivity contribution in [1.29, 1.82) is 0 Å². The average molecular weight is 385 g/mol. The Morgan fingerprint density at radius 3 is 2.61 bits per heavy atom. The summed E-state index contributed by atoms with van der Waals surface area (Å²) in [6.07, 6.45) is 0.933. The molecule has 2 atom stereocenters. The van der Waals surface area contributed by atoms with Gasteiger partial charge in [-0.05, 0) is 23.8 Å². The van der Waals surface area contributed by atoms with Gasteiger partial charge in [-0.2, -0.15) is 0 Å². The van der Waals surface area contributed by atoms with Gasteiger partial charge in [-0.1, -0.05) is 42.5 Å². The lowest BCUT2D eigenvalue weighted by Gasteiger charge is -2.18. The third kappa shape index (κ3) is 4.95. The molecule has 1 aliphatic rings. The van der Waals surface area contributed by atoms with Gasteiger partial charge in [0.25, 0.3) is 5.91 Å². The van der Waals surface area contributed by atoms with Crippen molar-refractivity contribution in [3.05, 3.63) is 77.6 Å². The molecule has 1 heterocycles. The summed E-state index contributed by atoms with van der Waals surface area (Å²) in [5, 5.41) is 11.7. The van der Waals surface area contributed by atoms with E-state index in [1.54, 1.807) is 24.3 Å². The number of halogens is 1. The molecule has 3 rings (SSSR count). The van der Waals surface area contributed by atoms with Crippen molar-refractivity contribution in [1.82, 2.24) is 5.32 Å². The molecule has 1 amide bonds. The molecule has 28 heavy (non-hydrogen) atoms. The van der Waals surface area contributed by atoms with Gasteiger partial charge >= 0.3 is 5.97 Å². The maximum atomic E-state index is 13.8. The fraction of sp³-hybridized carbons (Fsp3) is 0.238. The van der Waals surface area contributed by atoms with Gasteiger partial charge in [-0.15, -0.1) is 0 Å². The highest BCUT2D eigenvalue weighted by molar-refractivity contribution is 5.88. The number of hydrogen-bond donors (Lipinski definition) is 2. The lowest BCUT2D eigenvalue weighted by Crippen LogP contribution is -2.47. The van der Waals surface area contributed by atoms with E-state index in [0.717, 1.165) is 5.56 Å². The minimum Gasteiger partial charge on any atom is -0.480 e. The van der Waals surface area contributed by atoms with E-state index in [1.807, 2.05) is 30.3 Å². The molecule has 1 unspecified atom stereocenters. The van der Waals surface area contributed by atoms with Crippen LogP contribution in [0.15, 0.2) is 60.7 Å². The molecule has 0 spiro atoms. The van der Waals surface area contributed by atoms with Crippen LogP contribution >= 0.6 is 0 Å². The lowest BCUT2D eigenvalue weighted by molar-refractivity contribution is -0.145. The van der Waals surface area contributed by atoms with Crippen LogP contribution in [0.1, 0.15) is 17.5 Å². The number of rotatable bonds is 8. The van der Waals surface area contributed by atoms with E-state index in [4.69, 9.17) is 9.47 Å². The van der Waals surface area contributed by atoms with E-state index < -0.39 is 29.8 Å². The number of amides is 1. The van der Waals surface area contributed by atoms with Gasteiger partial charge in [0.05, 0.1) is 18.8 Å². The number of carbonyl (C=O) groups is 2. The Bertz CT molecular complexity index is 868. The van der Waals surface area contributed by atoms with Crippen LogP contribution in [0.2, 0.25) is 0 Å². The maximum Gasteiger partial charge on any atom is 0.328 e. The Hall–Kier alpha value is -3.19. The second kappa shape index (κ2) is 9.14. The van der Waals surface area contributed by atoms with Gasteiger partial charge in [0.15, 0.2) is 12.1 Å². The van der Waals surface area contributed by atoms with Crippen LogP contribution < -0.4 is 5.32 Å². The van der Waals surface area contributed by atoms with Crippen LogP contribution in [0.25, 0.3) is 5.76 Å². The van der Waals surface area contributed by atoms with Crippen LogP contribution in [0, 0.1) is 5.82 Å². The third-order valence-corrected chi connectivity index (χ3v) is 4.23. The number of aliphatic carboxylic acids is 1. The highest BCUT2D eigenvalue weighted by Gasteiger charge is 2.30. The monoisotopic (exact) mass is 385 g/mol. The molecule has 0 saturated heterocycles. The third-order valence-electron chi connectivity index (χ3n) is 4.23. The molecular formula is C21H20FNO5. The van der Waals surface area contributed by atoms with Crippen LogP contribution in [0.4, 0.5) is 4.39 Å². The Kier molecular flexibility index (Phi) is 6.39. The number of carbonyl (C=O) groups excluding carboxylic acids is 1. The number of carboxylic acid groups (broad SMARTS) is 1. The van der Waals surface area contributed by atoms with E-state index >= 15 is 0 Å². The smallest absolute Gasteiger partial charge is 0.328 e. The van der Waals surface area contributed by atoms with Gasteiger partial charge in [0, 0.05) is 6.42 Å². The second-order valence-electron chi connectivity index (χ2n) is 6.29. The number of benzene rings is 2. The summed E-state index contributed by atoms with van der Waals surface area (Å²) >= 11 is 0. The number of nitrogens with one attached hydrogen (secondary N) is 1. The Morgan fingerprint density at radius 2 is 1.89 bits per heavy atom. The molecule has 0 saturated carbocycles. The van der Waals surface area contributed by atoms with Gasteiger partial charge in [0.1, 0.15) is 11.6 Å². The summed E-state index contributed by atoms with van der Waals surface area (Å²) in [5.41, 5.74) is 1.16. The van der Waals surface area contributed by atoms with Gasteiger partial charge in [-0.25, -0.2) is 9.18 Å². The molecule has 2 N–H and O–H groups in total. The fourth-order valence-corrected chi connectivity index (χ4v) is 2.77. The zero-order chi connectivity index (χ0) is 19.9. The molecule has 0 bridgehead atoms. The molecule has 0 fully saturated rings. The van der Waals surface area contributed by atoms with Crippen molar-refractivity contribution in [2.45, 2.75) is 25.2 Å². The van der Waals surface area contributed by atoms with Crippen molar-refractivity contribution >= 4 is 17.6 Å². The van der Waals surface area contributed by atoms with Crippen molar-refractivity contribution < 1.29 is 28.6 Å². The summed E-state index contributed by atoms with van der Waals surface area (Å²) < 4.78 is 24.8. The van der Waals surface area contributed by atoms with Crippen molar-refractivity contribution in [2.24, 2.45) is 0 Å². The first-order valence-electron chi connectivity index (χ1n) is 8.81. The van der Waals surface area contributed by atoms with Crippen molar-refractivity contribution in [3.8, 4) is 0 Å². The minimum absolute atomic E-state index is 0.184. The second-order valence-corrected chi connectivity index (χ2v) is 6.29. The molecule has 0 aromatic heterocycles. The van der Waals surface area contributed by atoms with Crippen molar-refractivity contribution in [2.75, 3.05) is 6.61 Å². The number of carboxylic acids is 1. The van der Waals surface area contributed by atoms with Gasteiger partial charge in [-0.3, -0.25) is 4.79 Å². The molecule has 0 aliphatic carbocycles. The Balaban J connectivity index is 1.52. The topological polar surface area (TPSA) is 84.9 Å². The normalized spacial score (nSPS) is 16.8. The van der Waals surface area contributed by atoms with Crippen molar-refractivity contribution in [3.63, 3.8) is 0 Å². The van der Waals surface area contributed by atoms with E-state index in [-0.39, 0.29) is 31.0 Å². The van der Waals surface area contributed by atoms with E-state index in [1.165, 1.54) is 6.07 Å². The molecule has 7 heteroatoms. The molecular weight excluding hydrogens is 365 g/mol. The standard InChI is InChI=1S/C21H20FNO5/c22-16-9-5-4-8-15(16)18-10-11-19(28-18)20(24)23-17(21(25)26)13-27-12-14-6-2-1-3-7-14/h1-10,17,19H,11-13H2,(H,23,24)(H,25,26)/t17-,19?/m0/s1. The van der Waals surface area contributed by atoms with Gasteiger partial charge in [0.2, 0.25) is 0 Å². The minimum atomic E-state index is -1.21. The molecule has 2 aromatic carbocycles. The van der Waals surface area contributed by atoms with Crippen LogP contribution in [0.3, 0.4) is 0 Å². The van der Waals surface area contributed by atoms with Gasteiger partial charge < -0.3 is 19.9 Å². The number of ether oxygens (including phenoxy) is 2. The zero-order valence-corrected chi connectivity index (χ0v) is 15.0. The average Bonchev–Trinajstić information content (AvgIpc) is 3.18. The summed E-state index contributed by atoms with van der Waals surface area (Å²) in [7, 11) is 0. The predicted octanol–water partition coefficient (Wildman–Crippen LogP) is 2.74. The summed E-state index contributed by atoms with van der Waals surface area (Å²) in [6.45, 7) is 0.0513. The first-order valence-corrected chi connectivity index (χ1v) is 8.81. The first-order chi connectivity index (χ1) is 13.5. The van der Waals surface area contributed by atoms with Crippen LogP contribution in [-0.4, -0.2) is 35.7 Å². The van der Waals surface area contributed by atoms with Crippen LogP contribution in [-0.2, 0) is 25.7 Å². The molecule has 2 aromatic rings. The summed E-state index contributed by atoms with van der Waals surface area (Å²) in [4.78, 5) is 23.8. The summed E-state index contributed by atoms with van der Waals surface area (Å²) in [5.74, 6) is -1.97. The maximum absolute atomic E-state index is 13.8. The lowest BCUT2D eigenvalue weighted by atomic mass is 10.1. The Morgan fingerprint density at radius 1 is 1.18 bits per heavy atom. The fourth-order valence-electron chi connectivity index (χ4n) is 2.77. The van der Waals surface area contributed by atoms with E-state index in [0.29, 0.717) is 0 Å². The quantitative estimate of drug-likeness (QED) is 0.730.